The molecule has 4 heteroatoms. The Bertz CT molecular complexity index is 5580. The molecule has 3 unspecified atom stereocenters. The minimum Gasteiger partial charge on any atom is -0.334 e. The molecule has 3 atom stereocenters. The van der Waals surface area contributed by atoms with Crippen LogP contribution < -0.4 is 25.3 Å². The van der Waals surface area contributed by atoms with Crippen molar-refractivity contribution in [2.24, 2.45) is 11.3 Å². The van der Waals surface area contributed by atoms with Gasteiger partial charge in [-0.3, -0.25) is 0 Å². The fourth-order valence-corrected chi connectivity index (χ4v) is 20.3. The summed E-state index contributed by atoms with van der Waals surface area (Å²) in [5, 5.41) is 4.04. The largest absolute Gasteiger partial charge is 0.334 e. The zero-order valence-corrected chi connectivity index (χ0v) is 64.4. The molecular weight excluding hydrogens is 1250 g/mol. The fraction of sp³-hybridized carbons (Fsp3) is 0.333. The van der Waals surface area contributed by atoms with Crippen LogP contribution in [0.4, 0.5) is 34.1 Å². The molecule has 18 rings (SSSR count). The van der Waals surface area contributed by atoms with Crippen molar-refractivity contribution >= 4 is 62.2 Å². The first kappa shape index (κ1) is 65.6. The van der Waals surface area contributed by atoms with Crippen molar-refractivity contribution in [3.8, 4) is 27.9 Å². The predicted octanol–water partition coefficient (Wildman–Crippen LogP) is 24.2. The summed E-state index contributed by atoms with van der Waals surface area (Å²) in [6.45, 7) is 46.1. The monoisotopic (exact) mass is 1350 g/mol. The van der Waals surface area contributed by atoms with E-state index in [1.165, 1.54) is 167 Å². The van der Waals surface area contributed by atoms with Crippen LogP contribution in [0.15, 0.2) is 224 Å². The van der Waals surface area contributed by atoms with Crippen molar-refractivity contribution in [3.63, 3.8) is 0 Å². The van der Waals surface area contributed by atoms with Gasteiger partial charge in [-0.1, -0.05) is 271 Å². The molecule has 0 bridgehead atoms. The number of hydrogen-bond donors (Lipinski definition) is 0. The molecular formula is C99H102N4. The summed E-state index contributed by atoms with van der Waals surface area (Å²) >= 11 is 0. The molecule has 0 spiro atoms. The summed E-state index contributed by atoms with van der Waals surface area (Å²) in [6.07, 6.45) is 17.8. The summed E-state index contributed by atoms with van der Waals surface area (Å²) in [5.74, 6) is 0.312. The highest BCUT2D eigenvalue weighted by Gasteiger charge is 2.49. The highest BCUT2D eigenvalue weighted by Crippen LogP contribution is 2.59. The number of hydrogen-bond acceptors (Lipinski definition) is 3. The molecule has 1 aromatic heterocycles. The number of nitrogens with zero attached hydrogens (tertiary/aromatic N) is 4. The Morgan fingerprint density at radius 1 is 0.408 bits per heavy atom. The number of fused-ring (bicyclic) bond motifs is 10. The summed E-state index contributed by atoms with van der Waals surface area (Å²) in [6, 6.07) is 72.2. The summed E-state index contributed by atoms with van der Waals surface area (Å²) < 4.78 is 2.81. The van der Waals surface area contributed by atoms with E-state index in [0.29, 0.717) is 5.92 Å². The molecule has 0 amide bonds. The first-order chi connectivity index (χ1) is 48.7. The molecule has 0 N–H and O–H groups in total. The van der Waals surface area contributed by atoms with Gasteiger partial charge in [0.2, 0.25) is 0 Å². The van der Waals surface area contributed by atoms with Crippen LogP contribution in [0.3, 0.4) is 0 Å². The molecule has 3 heterocycles. The first-order valence-corrected chi connectivity index (χ1v) is 38.4. The lowest BCUT2D eigenvalue weighted by Gasteiger charge is -2.46. The Morgan fingerprint density at radius 3 is 1.45 bits per heavy atom. The number of aromatic nitrogens is 1. The normalized spacial score (nSPS) is 20.4. The fourth-order valence-electron chi connectivity index (χ4n) is 20.3. The Kier molecular flexibility index (Phi) is 13.9. The molecule has 10 aromatic rings. The number of benzene rings is 9. The Morgan fingerprint density at radius 2 is 0.893 bits per heavy atom. The van der Waals surface area contributed by atoms with E-state index in [-0.39, 0.29) is 44.6 Å². The lowest BCUT2D eigenvalue weighted by atomic mass is 9.67. The second-order valence-electron chi connectivity index (χ2n) is 37.4. The maximum Gasteiger partial charge on any atom is 0.0583 e. The topological polar surface area (TPSA) is 14.7 Å². The van der Waals surface area contributed by atoms with E-state index in [4.69, 9.17) is 0 Å². The summed E-state index contributed by atoms with van der Waals surface area (Å²) in [5.41, 5.74) is 35.0. The van der Waals surface area contributed by atoms with Gasteiger partial charge in [0, 0.05) is 72.1 Å². The van der Waals surface area contributed by atoms with Crippen molar-refractivity contribution in [2.45, 2.75) is 201 Å². The van der Waals surface area contributed by atoms with Crippen molar-refractivity contribution < 1.29 is 0 Å². The molecule has 4 nitrogen and oxygen atoms in total. The molecule has 8 aliphatic rings. The molecule has 6 aliphatic carbocycles. The second-order valence-corrected chi connectivity index (χ2v) is 37.4. The van der Waals surface area contributed by atoms with Gasteiger partial charge in [0.1, 0.15) is 0 Å². The molecule has 0 saturated carbocycles. The first-order valence-electron chi connectivity index (χ1n) is 38.4. The maximum atomic E-state index is 2.81. The third-order valence-electron chi connectivity index (χ3n) is 26.4. The number of anilines is 6. The molecule has 103 heavy (non-hydrogen) atoms. The third kappa shape index (κ3) is 9.52. The van der Waals surface area contributed by atoms with Crippen molar-refractivity contribution in [1.29, 1.82) is 0 Å². The van der Waals surface area contributed by atoms with Crippen LogP contribution in [0.1, 0.15) is 212 Å². The Hall–Kier alpha value is -9.38. The van der Waals surface area contributed by atoms with E-state index in [1.54, 1.807) is 0 Å². The van der Waals surface area contributed by atoms with Gasteiger partial charge >= 0.3 is 0 Å². The van der Waals surface area contributed by atoms with Crippen LogP contribution in [0, 0.1) is 11.3 Å². The molecule has 0 radical (unpaired) electrons. The zero-order chi connectivity index (χ0) is 71.9. The van der Waals surface area contributed by atoms with Crippen LogP contribution in [0.5, 0.6) is 0 Å². The number of allylic oxidation sites excluding steroid dienone is 6. The van der Waals surface area contributed by atoms with Crippen molar-refractivity contribution in [3.05, 3.63) is 295 Å². The van der Waals surface area contributed by atoms with Gasteiger partial charge in [0.15, 0.2) is 0 Å². The summed E-state index contributed by atoms with van der Waals surface area (Å²) in [7, 11) is 0. The van der Waals surface area contributed by atoms with Crippen LogP contribution >= 0.6 is 0 Å². The zero-order valence-electron chi connectivity index (χ0n) is 64.4. The van der Waals surface area contributed by atoms with E-state index in [2.05, 4.69) is 369 Å². The molecule has 2 aliphatic heterocycles. The third-order valence-corrected chi connectivity index (χ3v) is 26.4. The van der Waals surface area contributed by atoms with E-state index in [1.807, 2.05) is 0 Å². The van der Waals surface area contributed by atoms with E-state index in [0.717, 1.165) is 19.3 Å². The van der Waals surface area contributed by atoms with E-state index >= 15 is 0 Å². The molecule has 518 valence electrons. The second kappa shape index (κ2) is 21.9. The smallest absolute Gasteiger partial charge is 0.0583 e. The quantitative estimate of drug-likeness (QED) is 0.143. The van der Waals surface area contributed by atoms with E-state index in [9.17, 15) is 0 Å². The average molecular weight is 1350 g/mol. The predicted molar refractivity (Wildman–Crippen MR) is 437 cm³/mol. The van der Waals surface area contributed by atoms with Crippen LogP contribution in [-0.4, -0.2) is 16.7 Å². The standard InChI is InChI=1S/C99H102N4/c1-92(2,3)59-32-38-62(39-33-59)100(65-44-47-74-71-26-20-23-29-79(71)95(10,11)82(74)52-65)68-50-77-78-51-69(101(63-40-34-60(35-41-63)93(4,5)6)66-45-48-75-72-27-21-24-30-80(72)96(12,13)83(75)53-66)56-86-90(78)103-89(77)85(55-68)98(16,17)87-57-70(58-88(91(87)103)99(86,18)19)102(64-42-36-61(37-43-64)94(7,8)9)67-46-49-76-73-28-22-25-31-81(73)97(14,15)84(76)54-67/h20-42,44-52,54,56-58,64,68,83H,43,53,55H2,1-19H3. The Balaban J connectivity index is 0.905. The molecule has 9 aromatic carbocycles. The lowest BCUT2D eigenvalue weighted by molar-refractivity contribution is 0.406. The average Bonchev–Trinajstić information content (AvgIpc) is 1.54. The van der Waals surface area contributed by atoms with Crippen molar-refractivity contribution in [2.75, 3.05) is 14.7 Å². The van der Waals surface area contributed by atoms with Gasteiger partial charge in [-0.25, -0.2) is 0 Å². The van der Waals surface area contributed by atoms with E-state index < -0.39 is 10.8 Å². The highest BCUT2D eigenvalue weighted by atomic mass is 15.2. The lowest BCUT2D eigenvalue weighted by Crippen LogP contribution is -2.49. The SMILES string of the molecule is CC(C)(C)C1=CCC(N(c2ccc3c(c2)C(C)(C)c2ccccc2-3)c2cc3c4c(c2)C(C)(C)c2cc(N(C5=CC=C6c7ccccc7C(C)(C)C6C5)c5ccc(C(C)(C)C)cc5)cc5c6c(n-4c25)=C(CC(N(c2ccc(C(C)(C)C)cc2)c2ccc4c(c2)C(C)(C)c2ccccc2-4)C=6)C3(C)C)C=C1. The van der Waals surface area contributed by atoms with Crippen LogP contribution in [-0.2, 0) is 37.9 Å². The minimum atomic E-state index is -0.465. The molecule has 0 fully saturated rings. The van der Waals surface area contributed by atoms with Crippen molar-refractivity contribution in [1.82, 2.24) is 4.57 Å². The summed E-state index contributed by atoms with van der Waals surface area (Å²) in [4.78, 5) is 8.16. The van der Waals surface area contributed by atoms with Gasteiger partial charge in [-0.15, -0.1) is 0 Å². The minimum absolute atomic E-state index is 0.00603. The van der Waals surface area contributed by atoms with Gasteiger partial charge in [-0.05, 0) is 226 Å². The number of rotatable bonds is 9. The van der Waals surface area contributed by atoms with Crippen LogP contribution in [0.25, 0.3) is 56.1 Å². The highest BCUT2D eigenvalue weighted by molar-refractivity contribution is 5.99. The van der Waals surface area contributed by atoms with Crippen LogP contribution in [0.2, 0.25) is 0 Å². The Labute approximate surface area is 613 Å². The molecule has 0 saturated heterocycles. The van der Waals surface area contributed by atoms with Gasteiger partial charge in [-0.2, -0.15) is 0 Å². The van der Waals surface area contributed by atoms with Gasteiger partial charge in [0.25, 0.3) is 0 Å². The van der Waals surface area contributed by atoms with Gasteiger partial charge < -0.3 is 19.3 Å². The van der Waals surface area contributed by atoms with Gasteiger partial charge in [0.05, 0.1) is 28.6 Å². The maximum absolute atomic E-state index is 2.81.